The smallest absolute Gasteiger partial charge is 0.346 e. The van der Waals surface area contributed by atoms with Gasteiger partial charge in [-0.3, -0.25) is 9.36 Å². The summed E-state index contributed by atoms with van der Waals surface area (Å²) in [6.07, 6.45) is 0.965. The number of rotatable bonds is 4. The molecule has 0 amide bonds. The highest BCUT2D eigenvalue weighted by Gasteiger charge is 2.23. The summed E-state index contributed by atoms with van der Waals surface area (Å²) in [7, 11) is -1.77. The van der Waals surface area contributed by atoms with Crippen LogP contribution in [0.3, 0.4) is 0 Å². The van der Waals surface area contributed by atoms with Gasteiger partial charge in [-0.1, -0.05) is 26.0 Å². The van der Waals surface area contributed by atoms with Gasteiger partial charge in [-0.15, -0.1) is 0 Å². The molecule has 0 bridgehead atoms. The van der Waals surface area contributed by atoms with Crippen molar-refractivity contribution < 1.29 is 12.6 Å². The molecule has 0 atom stereocenters. The van der Waals surface area contributed by atoms with E-state index in [1.54, 1.807) is 12.1 Å². The van der Waals surface area contributed by atoms with Gasteiger partial charge in [0.25, 0.3) is 5.56 Å². The molecule has 0 N–H and O–H groups in total. The van der Waals surface area contributed by atoms with Crippen LogP contribution in [-0.4, -0.2) is 17.6 Å². The third kappa shape index (κ3) is 3.37. The summed E-state index contributed by atoms with van der Waals surface area (Å²) in [5.41, 5.74) is -0.630. The molecule has 0 saturated carbocycles. The fourth-order valence-electron chi connectivity index (χ4n) is 2.04. The molecule has 1 heterocycles. The van der Waals surface area contributed by atoms with Crippen LogP contribution in [0.5, 0.6) is 5.75 Å². The highest BCUT2D eigenvalue weighted by atomic mass is 32.2. The van der Waals surface area contributed by atoms with Crippen molar-refractivity contribution in [3.63, 3.8) is 0 Å². The minimum absolute atomic E-state index is 0.118. The molecule has 0 saturated heterocycles. The van der Waals surface area contributed by atoms with E-state index in [2.05, 4.69) is 0 Å². The number of benzene rings is 1. The molecule has 0 aliphatic rings. The Hall–Kier alpha value is -2.35. The highest BCUT2D eigenvalue weighted by molar-refractivity contribution is 7.87. The first kappa shape index (κ1) is 17.0. The second kappa shape index (κ2) is 6.04. The lowest BCUT2D eigenvalue weighted by Gasteiger charge is -2.11. The summed E-state index contributed by atoms with van der Waals surface area (Å²) in [6, 6.07) is 6.64. The van der Waals surface area contributed by atoms with Crippen LogP contribution in [0.2, 0.25) is 0 Å². The molecule has 23 heavy (non-hydrogen) atoms. The molecule has 0 fully saturated rings. The molecule has 1 aromatic carbocycles. The predicted molar refractivity (Wildman–Crippen MR) is 85.3 cm³/mol. The maximum absolute atomic E-state index is 12.4. The fraction of sp³-hybridized carbons (Fsp3) is 0.333. The van der Waals surface area contributed by atoms with E-state index in [1.807, 2.05) is 19.9 Å². The molecule has 0 aliphatic heterocycles. The van der Waals surface area contributed by atoms with Crippen LogP contribution in [0.25, 0.3) is 0 Å². The normalized spacial score (nSPS) is 11.7. The number of nitrogens with zero attached hydrogens (tertiary/aromatic N) is 2. The van der Waals surface area contributed by atoms with Gasteiger partial charge in [0, 0.05) is 20.3 Å². The Labute approximate surface area is 133 Å². The van der Waals surface area contributed by atoms with Crippen molar-refractivity contribution in [2.24, 2.45) is 14.1 Å². The fourth-order valence-corrected chi connectivity index (χ4v) is 3.13. The number of hydrogen-bond acceptors (Lipinski definition) is 5. The molecule has 8 heteroatoms. The number of hydrogen-bond donors (Lipinski definition) is 0. The van der Waals surface area contributed by atoms with E-state index in [4.69, 9.17) is 4.18 Å². The molecule has 0 spiro atoms. The maximum Gasteiger partial charge on any atom is 0.346 e. The zero-order valence-electron chi connectivity index (χ0n) is 13.3. The van der Waals surface area contributed by atoms with Crippen molar-refractivity contribution >= 4 is 10.1 Å². The summed E-state index contributed by atoms with van der Waals surface area (Å²) in [5, 5.41) is 0. The molecule has 0 unspecified atom stereocenters. The van der Waals surface area contributed by atoms with E-state index in [9.17, 15) is 18.0 Å². The van der Waals surface area contributed by atoms with Gasteiger partial charge < -0.3 is 8.75 Å². The van der Waals surface area contributed by atoms with Crippen LogP contribution in [0.15, 0.2) is 44.9 Å². The molecule has 0 aliphatic carbocycles. The quantitative estimate of drug-likeness (QED) is 0.776. The molecule has 1 aromatic heterocycles. The van der Waals surface area contributed by atoms with E-state index in [0.29, 0.717) is 0 Å². The molecule has 7 nitrogen and oxygen atoms in total. The Balaban J connectivity index is 2.51. The highest BCUT2D eigenvalue weighted by Crippen LogP contribution is 2.22. The van der Waals surface area contributed by atoms with Crippen LogP contribution < -0.4 is 15.4 Å². The molecular weight excluding hydrogens is 320 g/mol. The topological polar surface area (TPSA) is 87.4 Å². The van der Waals surface area contributed by atoms with Crippen molar-refractivity contribution in [1.29, 1.82) is 0 Å². The first-order valence-corrected chi connectivity index (χ1v) is 8.35. The van der Waals surface area contributed by atoms with Crippen LogP contribution in [0.4, 0.5) is 0 Å². The average Bonchev–Trinajstić information content (AvgIpc) is 2.48. The Morgan fingerprint density at radius 1 is 1.13 bits per heavy atom. The number of aryl methyl sites for hydroxylation is 1. The molecule has 2 rings (SSSR count). The van der Waals surface area contributed by atoms with Crippen molar-refractivity contribution in [2.75, 3.05) is 0 Å². The van der Waals surface area contributed by atoms with Crippen molar-refractivity contribution in [2.45, 2.75) is 24.7 Å². The van der Waals surface area contributed by atoms with Gasteiger partial charge in [0.1, 0.15) is 5.75 Å². The molecule has 0 radical (unpaired) electrons. The predicted octanol–water partition coefficient (Wildman–Crippen LogP) is 0.975. The molecular formula is C15H18N2O5S. The molecule has 124 valence electrons. The van der Waals surface area contributed by atoms with E-state index < -0.39 is 26.3 Å². The summed E-state index contributed by atoms with van der Waals surface area (Å²) in [4.78, 5) is 23.1. The van der Waals surface area contributed by atoms with E-state index in [1.165, 1.54) is 20.2 Å². The summed E-state index contributed by atoms with van der Waals surface area (Å²) >= 11 is 0. The lowest BCUT2D eigenvalue weighted by atomic mass is 10.0. The maximum atomic E-state index is 12.4. The standard InChI is InChI=1S/C15H18N2O5S/c1-10(2)11-6-5-7-12(8-11)22-23(20,21)13-9-16(3)15(19)17(4)14(13)18/h5-10H,1-4H3. The summed E-state index contributed by atoms with van der Waals surface area (Å²) < 4.78 is 31.5. The van der Waals surface area contributed by atoms with E-state index in [-0.39, 0.29) is 11.7 Å². The second-order valence-electron chi connectivity index (χ2n) is 5.52. The van der Waals surface area contributed by atoms with Gasteiger partial charge >= 0.3 is 15.8 Å². The largest absolute Gasteiger partial charge is 0.379 e. The zero-order valence-corrected chi connectivity index (χ0v) is 14.1. The average molecular weight is 338 g/mol. The van der Waals surface area contributed by atoms with Crippen LogP contribution in [0, 0.1) is 0 Å². The van der Waals surface area contributed by atoms with E-state index in [0.717, 1.165) is 20.9 Å². The Bertz CT molecular complexity index is 955. The van der Waals surface area contributed by atoms with Gasteiger partial charge in [0.15, 0.2) is 4.90 Å². The second-order valence-corrected chi connectivity index (χ2v) is 7.03. The van der Waals surface area contributed by atoms with Crippen molar-refractivity contribution in [3.8, 4) is 5.75 Å². The third-order valence-corrected chi connectivity index (χ3v) is 4.65. The van der Waals surface area contributed by atoms with Crippen LogP contribution in [-0.2, 0) is 24.2 Å². The summed E-state index contributed by atoms with van der Waals surface area (Å²) in [6.45, 7) is 3.94. The minimum Gasteiger partial charge on any atom is -0.379 e. The monoisotopic (exact) mass is 338 g/mol. The lowest BCUT2D eigenvalue weighted by molar-refractivity contribution is 0.480. The SMILES string of the molecule is CC(C)c1cccc(OS(=O)(=O)c2cn(C)c(=O)n(C)c2=O)c1. The van der Waals surface area contributed by atoms with Crippen molar-refractivity contribution in [3.05, 3.63) is 56.9 Å². The van der Waals surface area contributed by atoms with Gasteiger partial charge in [0.05, 0.1) is 0 Å². The first-order chi connectivity index (χ1) is 10.6. The lowest BCUT2D eigenvalue weighted by Crippen LogP contribution is -2.39. The summed E-state index contributed by atoms with van der Waals surface area (Å²) in [5.74, 6) is 0.318. The Kier molecular flexibility index (Phi) is 4.46. The Morgan fingerprint density at radius 2 is 1.78 bits per heavy atom. The van der Waals surface area contributed by atoms with Gasteiger partial charge in [-0.2, -0.15) is 8.42 Å². The zero-order chi connectivity index (χ0) is 17.4. The molecule has 2 aromatic rings. The van der Waals surface area contributed by atoms with Gasteiger partial charge in [0.2, 0.25) is 0 Å². The van der Waals surface area contributed by atoms with Gasteiger partial charge in [-0.05, 0) is 23.6 Å². The first-order valence-electron chi connectivity index (χ1n) is 6.94. The van der Waals surface area contributed by atoms with Crippen molar-refractivity contribution in [1.82, 2.24) is 9.13 Å². The minimum atomic E-state index is -4.34. The van der Waals surface area contributed by atoms with Gasteiger partial charge in [-0.25, -0.2) is 4.79 Å². The van der Waals surface area contributed by atoms with Crippen LogP contribution in [0.1, 0.15) is 25.3 Å². The number of aromatic nitrogens is 2. The third-order valence-electron chi connectivity index (χ3n) is 3.42. The Morgan fingerprint density at radius 3 is 2.39 bits per heavy atom. The van der Waals surface area contributed by atoms with Crippen LogP contribution >= 0.6 is 0 Å². The van der Waals surface area contributed by atoms with E-state index >= 15 is 0 Å².